The summed E-state index contributed by atoms with van der Waals surface area (Å²) in [4.78, 5) is 24.7. The zero-order valence-corrected chi connectivity index (χ0v) is 12.3. The maximum atomic E-state index is 12.4. The van der Waals surface area contributed by atoms with E-state index in [4.69, 9.17) is 0 Å². The average molecular weight is 279 g/mol. The molecular weight excluding hydrogens is 258 g/mol. The van der Waals surface area contributed by atoms with Gasteiger partial charge in [-0.15, -0.1) is 0 Å². The van der Waals surface area contributed by atoms with Crippen LogP contribution in [0.3, 0.4) is 0 Å². The molecule has 1 aromatic carbocycles. The Morgan fingerprint density at radius 3 is 2.65 bits per heavy atom. The number of benzene rings is 1. The van der Waals surface area contributed by atoms with Gasteiger partial charge in [0.2, 0.25) is 0 Å². The van der Waals surface area contributed by atoms with Crippen LogP contribution in [0.25, 0.3) is 0 Å². The van der Waals surface area contributed by atoms with Crippen LogP contribution < -0.4 is 5.32 Å². The number of nitro groups is 1. The van der Waals surface area contributed by atoms with E-state index >= 15 is 0 Å². The van der Waals surface area contributed by atoms with Gasteiger partial charge in [-0.2, -0.15) is 0 Å². The van der Waals surface area contributed by atoms with E-state index in [1.165, 1.54) is 6.07 Å². The molecule has 0 aliphatic rings. The lowest BCUT2D eigenvalue weighted by molar-refractivity contribution is -0.384. The van der Waals surface area contributed by atoms with Gasteiger partial charge in [0.05, 0.1) is 4.92 Å². The lowest BCUT2D eigenvalue weighted by Gasteiger charge is -2.24. The van der Waals surface area contributed by atoms with Crippen LogP contribution in [0, 0.1) is 10.1 Å². The first kappa shape index (κ1) is 15.9. The third kappa shape index (κ3) is 3.26. The van der Waals surface area contributed by atoms with E-state index < -0.39 is 4.92 Å². The number of para-hydroxylation sites is 1. The third-order valence-corrected chi connectivity index (χ3v) is 3.41. The van der Waals surface area contributed by atoms with Crippen LogP contribution in [0.2, 0.25) is 0 Å². The fourth-order valence-corrected chi connectivity index (χ4v) is 2.12. The van der Waals surface area contributed by atoms with E-state index in [1.54, 1.807) is 31.1 Å². The maximum Gasteiger partial charge on any atom is 0.305 e. The molecule has 1 N–H and O–H groups in total. The molecule has 0 aromatic heterocycles. The zero-order chi connectivity index (χ0) is 15.3. The number of nitro benzene ring substituents is 1. The van der Waals surface area contributed by atoms with Crippen molar-refractivity contribution in [2.24, 2.45) is 0 Å². The number of rotatable bonds is 6. The largest absolute Gasteiger partial charge is 0.383 e. The van der Waals surface area contributed by atoms with E-state index in [-0.39, 0.29) is 23.2 Å². The number of carbonyl (C=O) groups excluding carboxylic acids is 1. The molecule has 6 nitrogen and oxygen atoms in total. The average Bonchev–Trinajstić information content (AvgIpc) is 2.44. The van der Waals surface area contributed by atoms with Gasteiger partial charge in [-0.05, 0) is 25.5 Å². The van der Waals surface area contributed by atoms with Gasteiger partial charge in [0.1, 0.15) is 11.3 Å². The summed E-state index contributed by atoms with van der Waals surface area (Å²) in [6, 6.07) is 4.77. The minimum atomic E-state index is -0.516. The van der Waals surface area contributed by atoms with E-state index in [0.717, 1.165) is 12.8 Å². The lowest BCUT2D eigenvalue weighted by atomic mass is 10.1. The fourth-order valence-electron chi connectivity index (χ4n) is 2.12. The monoisotopic (exact) mass is 279 g/mol. The highest BCUT2D eigenvalue weighted by molar-refractivity contribution is 6.00. The Bertz CT molecular complexity index is 502. The lowest BCUT2D eigenvalue weighted by Crippen LogP contribution is -2.35. The van der Waals surface area contributed by atoms with Crippen LogP contribution >= 0.6 is 0 Å². The van der Waals surface area contributed by atoms with Crippen molar-refractivity contribution >= 4 is 17.3 Å². The van der Waals surface area contributed by atoms with Crippen molar-refractivity contribution in [1.29, 1.82) is 0 Å². The van der Waals surface area contributed by atoms with Crippen LogP contribution in [0.5, 0.6) is 0 Å². The number of nitrogens with zero attached hydrogens (tertiary/aromatic N) is 2. The standard InChI is InChI=1S/C14H21N3O3/c1-5-7-10(2)16(4)14(18)11-8-6-9-12(15-3)13(11)17(19)20/h6,8-10,15H,5,7H2,1-4H3. The summed E-state index contributed by atoms with van der Waals surface area (Å²) < 4.78 is 0. The van der Waals surface area contributed by atoms with Crippen molar-refractivity contribution in [3.63, 3.8) is 0 Å². The van der Waals surface area contributed by atoms with E-state index in [1.807, 2.05) is 13.8 Å². The van der Waals surface area contributed by atoms with Gasteiger partial charge in [-0.25, -0.2) is 0 Å². The first-order valence-corrected chi connectivity index (χ1v) is 6.66. The molecule has 0 radical (unpaired) electrons. The summed E-state index contributed by atoms with van der Waals surface area (Å²) in [5.41, 5.74) is 0.292. The Morgan fingerprint density at radius 1 is 1.50 bits per heavy atom. The predicted octanol–water partition coefficient (Wildman–Crippen LogP) is 2.90. The first-order valence-electron chi connectivity index (χ1n) is 6.66. The van der Waals surface area contributed by atoms with Crippen LogP contribution in [-0.4, -0.2) is 35.9 Å². The highest BCUT2D eigenvalue weighted by Crippen LogP contribution is 2.29. The number of carbonyl (C=O) groups is 1. The van der Waals surface area contributed by atoms with E-state index in [0.29, 0.717) is 5.69 Å². The second-order valence-electron chi connectivity index (χ2n) is 4.76. The molecule has 0 heterocycles. The van der Waals surface area contributed by atoms with E-state index in [2.05, 4.69) is 5.32 Å². The normalized spacial score (nSPS) is 11.8. The molecule has 0 spiro atoms. The fraction of sp³-hybridized carbons (Fsp3) is 0.500. The van der Waals surface area contributed by atoms with Crippen molar-refractivity contribution in [3.8, 4) is 0 Å². The minimum Gasteiger partial charge on any atom is -0.383 e. The second-order valence-corrected chi connectivity index (χ2v) is 4.76. The summed E-state index contributed by atoms with van der Waals surface area (Å²) >= 11 is 0. The molecule has 1 amide bonds. The SMILES string of the molecule is CCCC(C)N(C)C(=O)c1cccc(NC)c1[N+](=O)[O-]. The smallest absolute Gasteiger partial charge is 0.305 e. The van der Waals surface area contributed by atoms with Gasteiger partial charge in [0.25, 0.3) is 5.91 Å². The third-order valence-electron chi connectivity index (χ3n) is 3.41. The number of nitrogens with one attached hydrogen (secondary N) is 1. The molecular formula is C14H21N3O3. The van der Waals surface area contributed by atoms with Gasteiger partial charge in [-0.1, -0.05) is 19.4 Å². The van der Waals surface area contributed by atoms with Crippen molar-refractivity contribution in [1.82, 2.24) is 4.90 Å². The molecule has 0 saturated carbocycles. The van der Waals surface area contributed by atoms with Crippen LogP contribution in [0.15, 0.2) is 18.2 Å². The van der Waals surface area contributed by atoms with Gasteiger partial charge >= 0.3 is 5.69 Å². The molecule has 0 saturated heterocycles. The van der Waals surface area contributed by atoms with Gasteiger partial charge in [0.15, 0.2) is 0 Å². The van der Waals surface area contributed by atoms with Crippen molar-refractivity contribution in [2.45, 2.75) is 32.7 Å². The molecule has 0 bridgehead atoms. The Labute approximate surface area is 118 Å². The van der Waals surface area contributed by atoms with Crippen LogP contribution in [-0.2, 0) is 0 Å². The van der Waals surface area contributed by atoms with Gasteiger partial charge in [0, 0.05) is 20.1 Å². The molecule has 0 fully saturated rings. The number of hydrogen-bond donors (Lipinski definition) is 1. The van der Waals surface area contributed by atoms with Crippen molar-refractivity contribution in [2.75, 3.05) is 19.4 Å². The number of hydrogen-bond acceptors (Lipinski definition) is 4. The predicted molar refractivity (Wildman–Crippen MR) is 79.1 cm³/mol. The summed E-state index contributed by atoms with van der Waals surface area (Å²) in [5.74, 6) is -0.324. The molecule has 1 unspecified atom stereocenters. The number of amides is 1. The highest BCUT2D eigenvalue weighted by atomic mass is 16.6. The molecule has 1 aromatic rings. The molecule has 6 heteroatoms. The van der Waals surface area contributed by atoms with E-state index in [9.17, 15) is 14.9 Å². The minimum absolute atomic E-state index is 0.0466. The quantitative estimate of drug-likeness (QED) is 0.641. The number of anilines is 1. The molecule has 20 heavy (non-hydrogen) atoms. The maximum absolute atomic E-state index is 12.4. The molecule has 1 atom stereocenters. The Morgan fingerprint density at radius 2 is 2.15 bits per heavy atom. The molecule has 110 valence electrons. The summed E-state index contributed by atoms with van der Waals surface area (Å²) in [6.45, 7) is 3.98. The van der Waals surface area contributed by atoms with Crippen LogP contribution in [0.1, 0.15) is 37.0 Å². The van der Waals surface area contributed by atoms with Crippen LogP contribution in [0.4, 0.5) is 11.4 Å². The summed E-state index contributed by atoms with van der Waals surface area (Å²) in [5, 5.41) is 14.0. The topological polar surface area (TPSA) is 75.5 Å². The Hall–Kier alpha value is -2.11. The molecule has 0 aliphatic carbocycles. The Balaban J connectivity index is 3.19. The van der Waals surface area contributed by atoms with Gasteiger partial charge in [-0.3, -0.25) is 14.9 Å². The van der Waals surface area contributed by atoms with Crippen molar-refractivity contribution in [3.05, 3.63) is 33.9 Å². The summed E-state index contributed by atoms with van der Waals surface area (Å²) in [7, 11) is 3.28. The summed E-state index contributed by atoms with van der Waals surface area (Å²) in [6.07, 6.45) is 1.82. The highest BCUT2D eigenvalue weighted by Gasteiger charge is 2.27. The first-order chi connectivity index (χ1) is 9.43. The molecule has 1 rings (SSSR count). The zero-order valence-electron chi connectivity index (χ0n) is 12.3. The van der Waals surface area contributed by atoms with Crippen molar-refractivity contribution < 1.29 is 9.72 Å². The Kier molecular flexibility index (Phi) is 5.49. The molecule has 0 aliphatic heterocycles. The van der Waals surface area contributed by atoms with Gasteiger partial charge < -0.3 is 10.2 Å². The second kappa shape index (κ2) is 6.88.